The molecule has 0 saturated carbocycles. The van der Waals surface area contributed by atoms with E-state index < -0.39 is 4.92 Å². The SMILES string of the molecule is Cc1cnc(NCC2NCCc3ccccc32)c([N+](=O)[O-])c1. The molecule has 0 aliphatic carbocycles. The highest BCUT2D eigenvalue weighted by atomic mass is 16.6. The first kappa shape index (κ1) is 14.5. The highest BCUT2D eigenvalue weighted by molar-refractivity contribution is 5.56. The van der Waals surface area contributed by atoms with E-state index >= 15 is 0 Å². The van der Waals surface area contributed by atoms with Crippen LogP contribution in [0, 0.1) is 17.0 Å². The highest BCUT2D eigenvalue weighted by Gasteiger charge is 2.21. The topological polar surface area (TPSA) is 80.1 Å². The summed E-state index contributed by atoms with van der Waals surface area (Å²) < 4.78 is 0. The third kappa shape index (κ3) is 2.92. The van der Waals surface area contributed by atoms with E-state index in [1.165, 1.54) is 17.2 Å². The molecule has 1 unspecified atom stereocenters. The number of nitrogens with zero attached hydrogens (tertiary/aromatic N) is 2. The number of aryl methyl sites for hydroxylation is 1. The van der Waals surface area contributed by atoms with Crippen molar-refractivity contribution in [2.45, 2.75) is 19.4 Å². The molecular weight excluding hydrogens is 280 g/mol. The van der Waals surface area contributed by atoms with Gasteiger partial charge in [0.05, 0.1) is 4.92 Å². The summed E-state index contributed by atoms with van der Waals surface area (Å²) in [5.41, 5.74) is 3.37. The fraction of sp³-hybridized carbons (Fsp3) is 0.312. The molecule has 1 aliphatic heterocycles. The quantitative estimate of drug-likeness (QED) is 0.670. The van der Waals surface area contributed by atoms with Crippen molar-refractivity contribution >= 4 is 11.5 Å². The zero-order chi connectivity index (χ0) is 15.5. The number of hydrogen-bond donors (Lipinski definition) is 2. The lowest BCUT2D eigenvalue weighted by Gasteiger charge is -2.27. The number of anilines is 1. The minimum atomic E-state index is -0.398. The van der Waals surface area contributed by atoms with E-state index in [-0.39, 0.29) is 11.7 Å². The first-order valence-corrected chi connectivity index (χ1v) is 7.31. The summed E-state index contributed by atoms with van der Waals surface area (Å²) in [6, 6.07) is 9.97. The summed E-state index contributed by atoms with van der Waals surface area (Å²) in [7, 11) is 0. The molecule has 22 heavy (non-hydrogen) atoms. The van der Waals surface area contributed by atoms with E-state index in [1.807, 2.05) is 12.1 Å². The molecule has 2 aromatic rings. The van der Waals surface area contributed by atoms with E-state index in [4.69, 9.17) is 0 Å². The van der Waals surface area contributed by atoms with Gasteiger partial charge in [-0.05, 0) is 36.6 Å². The molecule has 2 N–H and O–H groups in total. The predicted molar refractivity (Wildman–Crippen MR) is 85.0 cm³/mol. The second kappa shape index (κ2) is 6.11. The van der Waals surface area contributed by atoms with E-state index in [9.17, 15) is 10.1 Å². The maximum Gasteiger partial charge on any atom is 0.311 e. The number of rotatable bonds is 4. The maximum absolute atomic E-state index is 11.1. The van der Waals surface area contributed by atoms with Crippen LogP contribution in [0.5, 0.6) is 0 Å². The predicted octanol–water partition coefficient (Wildman–Crippen LogP) is 2.60. The molecule has 0 saturated heterocycles. The molecule has 1 aromatic carbocycles. The summed E-state index contributed by atoms with van der Waals surface area (Å²) in [6.07, 6.45) is 2.65. The van der Waals surface area contributed by atoms with Crippen LogP contribution < -0.4 is 10.6 Å². The average Bonchev–Trinajstić information content (AvgIpc) is 2.53. The number of nitrogens with one attached hydrogen (secondary N) is 2. The summed E-state index contributed by atoms with van der Waals surface area (Å²) in [6.45, 7) is 3.27. The number of aromatic nitrogens is 1. The monoisotopic (exact) mass is 298 g/mol. The third-order valence-corrected chi connectivity index (χ3v) is 3.89. The average molecular weight is 298 g/mol. The molecule has 3 rings (SSSR count). The van der Waals surface area contributed by atoms with Crippen LogP contribution in [0.2, 0.25) is 0 Å². The number of hydrogen-bond acceptors (Lipinski definition) is 5. The molecule has 6 heteroatoms. The van der Waals surface area contributed by atoms with Gasteiger partial charge in [-0.1, -0.05) is 24.3 Å². The number of benzene rings is 1. The van der Waals surface area contributed by atoms with Crippen LogP contribution in [0.15, 0.2) is 36.5 Å². The maximum atomic E-state index is 11.1. The first-order chi connectivity index (χ1) is 10.6. The Labute approximate surface area is 128 Å². The number of fused-ring (bicyclic) bond motifs is 1. The molecule has 0 amide bonds. The molecule has 0 fully saturated rings. The minimum Gasteiger partial charge on any atom is -0.362 e. The summed E-state index contributed by atoms with van der Waals surface area (Å²) in [5.74, 6) is 0.320. The van der Waals surface area contributed by atoms with Crippen LogP contribution >= 0.6 is 0 Å². The van der Waals surface area contributed by atoms with Gasteiger partial charge in [-0.25, -0.2) is 4.98 Å². The molecule has 2 heterocycles. The van der Waals surface area contributed by atoms with Gasteiger partial charge >= 0.3 is 5.69 Å². The van der Waals surface area contributed by atoms with Gasteiger partial charge in [0.15, 0.2) is 0 Å². The van der Waals surface area contributed by atoms with Crippen molar-refractivity contribution in [1.82, 2.24) is 10.3 Å². The van der Waals surface area contributed by atoms with Gasteiger partial charge in [-0.2, -0.15) is 0 Å². The first-order valence-electron chi connectivity index (χ1n) is 7.31. The smallest absolute Gasteiger partial charge is 0.311 e. The molecule has 0 spiro atoms. The van der Waals surface area contributed by atoms with E-state index in [1.54, 1.807) is 13.1 Å². The van der Waals surface area contributed by atoms with Gasteiger partial charge in [0.25, 0.3) is 0 Å². The molecule has 0 bridgehead atoms. The van der Waals surface area contributed by atoms with Gasteiger partial charge in [0, 0.05) is 24.8 Å². The fourth-order valence-electron chi connectivity index (χ4n) is 2.80. The van der Waals surface area contributed by atoms with Crippen molar-refractivity contribution in [3.8, 4) is 0 Å². The normalized spacial score (nSPS) is 16.9. The lowest BCUT2D eigenvalue weighted by Crippen LogP contribution is -2.34. The van der Waals surface area contributed by atoms with Gasteiger partial charge in [0.1, 0.15) is 0 Å². The number of pyridine rings is 1. The lowest BCUT2D eigenvalue weighted by atomic mass is 9.94. The highest BCUT2D eigenvalue weighted by Crippen LogP contribution is 2.26. The Balaban J connectivity index is 1.78. The van der Waals surface area contributed by atoms with Gasteiger partial charge < -0.3 is 10.6 Å². The van der Waals surface area contributed by atoms with E-state index in [0.29, 0.717) is 12.4 Å². The Morgan fingerprint density at radius 1 is 1.45 bits per heavy atom. The second-order valence-corrected chi connectivity index (χ2v) is 5.47. The van der Waals surface area contributed by atoms with Gasteiger partial charge in [-0.15, -0.1) is 0 Å². The van der Waals surface area contributed by atoms with Gasteiger partial charge in [-0.3, -0.25) is 10.1 Å². The summed E-state index contributed by atoms with van der Waals surface area (Å²) in [5, 5.41) is 17.7. The Hall–Kier alpha value is -2.47. The minimum absolute atomic E-state index is 0.0177. The Bertz CT molecular complexity index is 702. The molecule has 6 nitrogen and oxygen atoms in total. The zero-order valence-electron chi connectivity index (χ0n) is 12.4. The third-order valence-electron chi connectivity index (χ3n) is 3.89. The lowest BCUT2D eigenvalue weighted by molar-refractivity contribution is -0.384. The molecule has 1 atom stereocenters. The van der Waals surface area contributed by atoms with Gasteiger partial charge in [0.2, 0.25) is 5.82 Å². The van der Waals surface area contributed by atoms with Crippen LogP contribution in [0.1, 0.15) is 22.7 Å². The second-order valence-electron chi connectivity index (χ2n) is 5.47. The largest absolute Gasteiger partial charge is 0.362 e. The van der Waals surface area contributed by atoms with E-state index in [0.717, 1.165) is 18.5 Å². The molecule has 114 valence electrons. The number of nitro groups is 1. The van der Waals surface area contributed by atoms with Crippen LogP contribution in [0.3, 0.4) is 0 Å². The van der Waals surface area contributed by atoms with Crippen molar-refractivity contribution < 1.29 is 4.92 Å². The fourth-order valence-corrected chi connectivity index (χ4v) is 2.80. The van der Waals surface area contributed by atoms with Crippen LogP contribution in [0.4, 0.5) is 11.5 Å². The van der Waals surface area contributed by atoms with Crippen molar-refractivity contribution in [3.05, 3.63) is 63.3 Å². The Morgan fingerprint density at radius 3 is 3.09 bits per heavy atom. The Kier molecular flexibility index (Phi) is 4.02. The van der Waals surface area contributed by atoms with Crippen molar-refractivity contribution in [2.24, 2.45) is 0 Å². The molecule has 1 aromatic heterocycles. The molecule has 0 radical (unpaired) electrons. The van der Waals surface area contributed by atoms with Crippen molar-refractivity contribution in [3.63, 3.8) is 0 Å². The van der Waals surface area contributed by atoms with Crippen molar-refractivity contribution in [2.75, 3.05) is 18.4 Å². The van der Waals surface area contributed by atoms with E-state index in [2.05, 4.69) is 27.8 Å². The zero-order valence-corrected chi connectivity index (χ0v) is 12.4. The Morgan fingerprint density at radius 2 is 2.27 bits per heavy atom. The van der Waals surface area contributed by atoms with Crippen molar-refractivity contribution in [1.29, 1.82) is 0 Å². The summed E-state index contributed by atoms with van der Waals surface area (Å²) in [4.78, 5) is 14.9. The molecule has 1 aliphatic rings. The molecular formula is C16H18N4O2. The summed E-state index contributed by atoms with van der Waals surface area (Å²) >= 11 is 0. The van der Waals surface area contributed by atoms with Crippen LogP contribution in [0.25, 0.3) is 0 Å². The van der Waals surface area contributed by atoms with Crippen LogP contribution in [-0.4, -0.2) is 23.0 Å². The standard InChI is InChI=1S/C16H18N4O2/c1-11-8-15(20(21)22)16(18-9-11)19-10-14-13-5-3-2-4-12(13)6-7-17-14/h2-5,8-9,14,17H,6-7,10H2,1H3,(H,18,19). The van der Waals surface area contributed by atoms with Crippen LogP contribution in [-0.2, 0) is 6.42 Å².